The molecule has 0 radical (unpaired) electrons. The van der Waals surface area contributed by atoms with Gasteiger partial charge in [0.05, 0.1) is 21.5 Å². The van der Waals surface area contributed by atoms with Crippen LogP contribution in [-0.2, 0) is 21.2 Å². The number of anilines is 2. The third-order valence-electron chi connectivity index (χ3n) is 4.31. The molecule has 2 aliphatic rings. The molecule has 2 aromatic carbocycles. The van der Waals surface area contributed by atoms with Crippen LogP contribution >= 0.6 is 11.8 Å². The summed E-state index contributed by atoms with van der Waals surface area (Å²) in [5, 5.41) is 2.61. The van der Waals surface area contributed by atoms with E-state index in [1.807, 2.05) is 31.2 Å². The Balaban J connectivity index is 1.74. The van der Waals surface area contributed by atoms with Gasteiger partial charge in [-0.3, -0.25) is 9.10 Å². The van der Waals surface area contributed by atoms with Gasteiger partial charge < -0.3 is 5.32 Å². The van der Waals surface area contributed by atoms with Crippen LogP contribution in [0.25, 0.3) is 0 Å². The molecular formula is C17H16N2O3S2. The largest absolute Gasteiger partial charge is 0.324 e. The van der Waals surface area contributed by atoms with Crippen molar-refractivity contribution < 1.29 is 13.2 Å². The maximum atomic E-state index is 13.0. The predicted molar refractivity (Wildman–Crippen MR) is 95.1 cm³/mol. The number of carbonyl (C=O) groups excluding carboxylic acids is 1. The van der Waals surface area contributed by atoms with Crippen molar-refractivity contribution in [3.05, 3.63) is 48.0 Å². The molecule has 2 heterocycles. The third-order valence-corrected chi connectivity index (χ3v) is 7.30. The second-order valence-electron chi connectivity index (χ2n) is 5.86. The van der Waals surface area contributed by atoms with E-state index in [1.54, 1.807) is 18.2 Å². The molecule has 0 saturated heterocycles. The molecule has 4 rings (SSSR count). The summed E-state index contributed by atoms with van der Waals surface area (Å²) in [6.07, 6.45) is 0.713. The number of hydrogen-bond acceptors (Lipinski definition) is 4. The zero-order valence-corrected chi connectivity index (χ0v) is 14.7. The number of nitrogens with zero attached hydrogens (tertiary/aromatic N) is 1. The van der Waals surface area contributed by atoms with Crippen LogP contribution in [0, 0.1) is 0 Å². The average molecular weight is 360 g/mol. The minimum absolute atomic E-state index is 0.103. The molecule has 5 nitrogen and oxygen atoms in total. The summed E-state index contributed by atoms with van der Waals surface area (Å²) >= 11 is 1.44. The number of carbonyl (C=O) groups is 1. The maximum Gasteiger partial charge on any atom is 0.264 e. The zero-order valence-electron chi connectivity index (χ0n) is 13.0. The summed E-state index contributed by atoms with van der Waals surface area (Å²) in [6.45, 7) is 2.27. The lowest BCUT2D eigenvalue weighted by molar-refractivity contribution is -0.115. The second-order valence-corrected chi connectivity index (χ2v) is 9.11. The summed E-state index contributed by atoms with van der Waals surface area (Å²) < 4.78 is 27.5. The van der Waals surface area contributed by atoms with Crippen molar-refractivity contribution >= 4 is 39.1 Å². The first kappa shape index (κ1) is 15.5. The summed E-state index contributed by atoms with van der Waals surface area (Å²) in [7, 11) is -3.64. The molecule has 2 aliphatic heterocycles. The average Bonchev–Trinajstić information content (AvgIpc) is 3.00. The molecule has 0 bridgehead atoms. The van der Waals surface area contributed by atoms with E-state index in [9.17, 15) is 13.2 Å². The topological polar surface area (TPSA) is 66.5 Å². The van der Waals surface area contributed by atoms with Crippen LogP contribution < -0.4 is 9.62 Å². The van der Waals surface area contributed by atoms with E-state index in [0.29, 0.717) is 18.7 Å². The van der Waals surface area contributed by atoms with E-state index < -0.39 is 10.0 Å². The van der Waals surface area contributed by atoms with Crippen molar-refractivity contribution in [3.8, 4) is 0 Å². The molecule has 1 atom stereocenters. The summed E-state index contributed by atoms with van der Waals surface area (Å²) in [4.78, 5) is 12.9. The van der Waals surface area contributed by atoms with E-state index in [-0.39, 0.29) is 16.1 Å². The van der Waals surface area contributed by atoms with E-state index in [1.165, 1.54) is 16.1 Å². The van der Waals surface area contributed by atoms with Crippen LogP contribution in [0.2, 0.25) is 0 Å². The van der Waals surface area contributed by atoms with Gasteiger partial charge in [0.25, 0.3) is 10.0 Å². The van der Waals surface area contributed by atoms with Gasteiger partial charge in [-0.2, -0.15) is 0 Å². The van der Waals surface area contributed by atoms with Gasteiger partial charge in [0.15, 0.2) is 0 Å². The fourth-order valence-corrected chi connectivity index (χ4v) is 5.49. The quantitative estimate of drug-likeness (QED) is 0.894. The number of nitrogens with one attached hydrogen (secondary N) is 1. The maximum absolute atomic E-state index is 13.0. The van der Waals surface area contributed by atoms with Crippen LogP contribution in [-0.4, -0.2) is 26.1 Å². The molecule has 7 heteroatoms. The normalized spacial score (nSPS) is 19.6. The van der Waals surface area contributed by atoms with Crippen molar-refractivity contribution in [1.29, 1.82) is 0 Å². The second kappa shape index (κ2) is 5.53. The molecule has 24 heavy (non-hydrogen) atoms. The van der Waals surface area contributed by atoms with Gasteiger partial charge in [0, 0.05) is 11.4 Å². The van der Waals surface area contributed by atoms with Crippen LogP contribution in [0.1, 0.15) is 12.5 Å². The highest BCUT2D eigenvalue weighted by Crippen LogP contribution is 2.38. The molecule has 0 aromatic heterocycles. The van der Waals surface area contributed by atoms with Crippen LogP contribution in [0.5, 0.6) is 0 Å². The smallest absolute Gasteiger partial charge is 0.264 e. The molecule has 1 N–H and O–H groups in total. The number of fused-ring (bicyclic) bond motifs is 2. The van der Waals surface area contributed by atoms with Gasteiger partial charge >= 0.3 is 0 Å². The van der Waals surface area contributed by atoms with Gasteiger partial charge in [0.2, 0.25) is 5.91 Å². The number of para-hydroxylation sites is 1. The number of benzene rings is 2. The highest BCUT2D eigenvalue weighted by atomic mass is 32.2. The summed E-state index contributed by atoms with van der Waals surface area (Å²) in [6, 6.07) is 12.5. The minimum Gasteiger partial charge on any atom is -0.324 e. The van der Waals surface area contributed by atoms with Gasteiger partial charge in [-0.1, -0.05) is 18.2 Å². The molecule has 1 unspecified atom stereocenters. The zero-order chi connectivity index (χ0) is 16.9. The number of hydrogen-bond donors (Lipinski definition) is 1. The highest BCUT2D eigenvalue weighted by Gasteiger charge is 2.32. The van der Waals surface area contributed by atoms with Crippen molar-refractivity contribution in [1.82, 2.24) is 0 Å². The van der Waals surface area contributed by atoms with Crippen molar-refractivity contribution in [2.45, 2.75) is 28.4 Å². The highest BCUT2D eigenvalue weighted by molar-refractivity contribution is 8.01. The molecule has 0 spiro atoms. The van der Waals surface area contributed by atoms with E-state index in [2.05, 4.69) is 5.32 Å². The van der Waals surface area contributed by atoms with Crippen LogP contribution in [0.3, 0.4) is 0 Å². The third kappa shape index (κ3) is 2.39. The molecular weight excluding hydrogens is 344 g/mol. The van der Waals surface area contributed by atoms with Gasteiger partial charge in [-0.15, -0.1) is 11.8 Å². The van der Waals surface area contributed by atoms with E-state index >= 15 is 0 Å². The molecule has 0 fully saturated rings. The Kier molecular flexibility index (Phi) is 3.58. The first-order valence-electron chi connectivity index (χ1n) is 7.69. The Morgan fingerprint density at radius 1 is 1.21 bits per heavy atom. The van der Waals surface area contributed by atoms with E-state index in [0.717, 1.165) is 16.1 Å². The van der Waals surface area contributed by atoms with Crippen molar-refractivity contribution in [2.24, 2.45) is 0 Å². The molecule has 124 valence electrons. The Labute approximate surface area is 145 Å². The molecule has 2 aromatic rings. The summed E-state index contributed by atoms with van der Waals surface area (Å²) in [5.74, 6) is -0.103. The molecule has 1 amide bonds. The van der Waals surface area contributed by atoms with Crippen LogP contribution in [0.4, 0.5) is 11.4 Å². The van der Waals surface area contributed by atoms with Crippen molar-refractivity contribution in [3.63, 3.8) is 0 Å². The van der Waals surface area contributed by atoms with Crippen molar-refractivity contribution in [2.75, 3.05) is 16.2 Å². The lowest BCUT2D eigenvalue weighted by Crippen LogP contribution is -2.30. The Morgan fingerprint density at radius 3 is 2.83 bits per heavy atom. The minimum atomic E-state index is -3.64. The standard InChI is InChI=1S/C17H16N2O3S2/c1-11-17(20)18-14-10-13(6-7-16(14)23-11)24(21,22)19-9-8-12-4-2-3-5-15(12)19/h2-7,10-11H,8-9H2,1H3,(H,18,20). The number of thioether (sulfide) groups is 1. The van der Waals surface area contributed by atoms with Gasteiger partial charge in [-0.05, 0) is 43.2 Å². The fraction of sp³-hybridized carbons (Fsp3) is 0.235. The first-order chi connectivity index (χ1) is 11.5. The molecule has 0 saturated carbocycles. The number of sulfonamides is 1. The summed E-state index contributed by atoms with van der Waals surface area (Å²) in [5.41, 5.74) is 2.34. The van der Waals surface area contributed by atoms with E-state index in [4.69, 9.17) is 0 Å². The Morgan fingerprint density at radius 2 is 2.00 bits per heavy atom. The Hall–Kier alpha value is -1.99. The Bertz CT molecular complexity index is 941. The number of amides is 1. The SMILES string of the molecule is CC1Sc2ccc(S(=O)(=O)N3CCc4ccccc43)cc2NC1=O. The number of rotatable bonds is 2. The lowest BCUT2D eigenvalue weighted by Gasteiger charge is -2.24. The molecule has 0 aliphatic carbocycles. The van der Waals surface area contributed by atoms with Crippen LogP contribution in [0.15, 0.2) is 52.3 Å². The monoisotopic (exact) mass is 360 g/mol. The predicted octanol–water partition coefficient (Wildman–Crippen LogP) is 2.87. The van der Waals surface area contributed by atoms with Gasteiger partial charge in [-0.25, -0.2) is 8.42 Å². The van der Waals surface area contributed by atoms with Gasteiger partial charge in [0.1, 0.15) is 0 Å². The lowest BCUT2D eigenvalue weighted by atomic mass is 10.2. The fourth-order valence-electron chi connectivity index (χ4n) is 3.03. The first-order valence-corrected chi connectivity index (χ1v) is 10.0.